The Balaban J connectivity index is 3.02. The lowest BCUT2D eigenvalue weighted by Gasteiger charge is -2.29. The average molecular weight is 472 g/mol. The maximum absolute atomic E-state index is 13.2. The fourth-order valence-electron chi connectivity index (χ4n) is 3.59. The number of carboxylic acid groups (broad SMARTS) is 1. The molecule has 3 amide bonds. The van der Waals surface area contributed by atoms with Crippen molar-refractivity contribution in [3.8, 4) is 0 Å². The van der Waals surface area contributed by atoms with Crippen molar-refractivity contribution in [2.45, 2.75) is 70.1 Å². The minimum Gasteiger partial charge on any atom is -0.480 e. The summed E-state index contributed by atoms with van der Waals surface area (Å²) in [4.78, 5) is 55.0. The summed E-state index contributed by atoms with van der Waals surface area (Å²) < 4.78 is 0. The van der Waals surface area contributed by atoms with Gasteiger partial charge in [0.15, 0.2) is 5.96 Å². The second-order valence-corrected chi connectivity index (χ2v) is 8.52. The van der Waals surface area contributed by atoms with Crippen LogP contribution in [-0.2, 0) is 19.2 Å². The van der Waals surface area contributed by atoms with E-state index in [1.54, 1.807) is 0 Å². The summed E-state index contributed by atoms with van der Waals surface area (Å²) in [7, 11) is 0. The number of hydrogen-bond donors (Lipinski definition) is 7. The molecule has 13 heteroatoms. The van der Waals surface area contributed by atoms with Gasteiger partial charge in [-0.05, 0) is 38.0 Å². The van der Waals surface area contributed by atoms with Crippen molar-refractivity contribution >= 4 is 29.7 Å². The summed E-state index contributed by atoms with van der Waals surface area (Å²) in [5, 5.41) is 23.7. The Morgan fingerprint density at radius 1 is 1.12 bits per heavy atom. The lowest BCUT2D eigenvalue weighted by atomic mass is 10.0. The Kier molecular flexibility index (Phi) is 11.6. The van der Waals surface area contributed by atoms with Gasteiger partial charge in [-0.3, -0.25) is 19.4 Å². The number of aliphatic imine (C=N–C) groups is 1. The van der Waals surface area contributed by atoms with Crippen LogP contribution in [0.1, 0.15) is 46.0 Å². The number of nitrogens with two attached hydrogens (primary N) is 3. The fraction of sp³-hybridized carbons (Fsp3) is 0.750. The average Bonchev–Trinajstić information content (AvgIpc) is 3.23. The molecule has 4 unspecified atom stereocenters. The largest absolute Gasteiger partial charge is 0.480 e. The van der Waals surface area contributed by atoms with Crippen LogP contribution in [0, 0.1) is 5.92 Å². The minimum atomic E-state index is -1.19. The van der Waals surface area contributed by atoms with E-state index < -0.39 is 54.5 Å². The topological polar surface area (TPSA) is 226 Å². The van der Waals surface area contributed by atoms with Crippen molar-refractivity contribution in [1.82, 2.24) is 15.5 Å². The van der Waals surface area contributed by atoms with Gasteiger partial charge in [0.25, 0.3) is 0 Å². The fourth-order valence-corrected chi connectivity index (χ4v) is 3.59. The third kappa shape index (κ3) is 9.22. The number of likely N-dealkylation sites (tertiary alicyclic amines) is 1. The first-order valence-electron chi connectivity index (χ1n) is 11.0. The zero-order valence-corrected chi connectivity index (χ0v) is 19.2. The molecule has 33 heavy (non-hydrogen) atoms. The van der Waals surface area contributed by atoms with E-state index in [0.29, 0.717) is 19.3 Å². The maximum Gasteiger partial charge on any atom is 0.326 e. The van der Waals surface area contributed by atoms with Crippen LogP contribution in [0.3, 0.4) is 0 Å². The smallest absolute Gasteiger partial charge is 0.326 e. The number of carbonyl (C=O) groups excluding carboxylic acids is 3. The van der Waals surface area contributed by atoms with E-state index in [1.807, 2.05) is 13.8 Å². The number of amides is 3. The number of aliphatic carboxylic acids is 1. The molecule has 1 aliphatic heterocycles. The monoisotopic (exact) mass is 471 g/mol. The molecule has 0 bridgehead atoms. The van der Waals surface area contributed by atoms with Gasteiger partial charge >= 0.3 is 5.97 Å². The molecule has 0 radical (unpaired) electrons. The lowest BCUT2D eigenvalue weighted by Crippen LogP contribution is -2.57. The molecule has 1 fully saturated rings. The molecule has 0 aromatic carbocycles. The molecule has 1 aliphatic rings. The highest BCUT2D eigenvalue weighted by Gasteiger charge is 2.38. The number of rotatable bonds is 13. The van der Waals surface area contributed by atoms with Gasteiger partial charge in [0, 0.05) is 13.1 Å². The predicted octanol–water partition coefficient (Wildman–Crippen LogP) is -2.55. The third-order valence-corrected chi connectivity index (χ3v) is 5.25. The van der Waals surface area contributed by atoms with Crippen molar-refractivity contribution < 1.29 is 29.4 Å². The van der Waals surface area contributed by atoms with E-state index in [9.17, 15) is 24.3 Å². The first-order chi connectivity index (χ1) is 15.5. The molecule has 0 aromatic heterocycles. The van der Waals surface area contributed by atoms with Crippen LogP contribution < -0.4 is 27.8 Å². The number of nitrogens with one attached hydrogen (secondary N) is 2. The number of aliphatic hydroxyl groups excluding tert-OH is 1. The molecule has 0 aromatic rings. The minimum absolute atomic E-state index is 0.0254. The maximum atomic E-state index is 13.2. The molecular weight excluding hydrogens is 434 g/mol. The van der Waals surface area contributed by atoms with Gasteiger partial charge in [-0.1, -0.05) is 13.8 Å². The van der Waals surface area contributed by atoms with Gasteiger partial charge in [0.2, 0.25) is 17.7 Å². The van der Waals surface area contributed by atoms with Crippen LogP contribution in [0.5, 0.6) is 0 Å². The van der Waals surface area contributed by atoms with Gasteiger partial charge in [0.05, 0.1) is 6.61 Å². The van der Waals surface area contributed by atoms with Crippen LogP contribution in [0.15, 0.2) is 4.99 Å². The molecule has 0 spiro atoms. The third-order valence-electron chi connectivity index (χ3n) is 5.25. The molecular formula is C20H37N7O6. The van der Waals surface area contributed by atoms with Gasteiger partial charge < -0.3 is 42.9 Å². The van der Waals surface area contributed by atoms with Crippen LogP contribution in [0.25, 0.3) is 0 Å². The number of nitrogens with zero attached hydrogens (tertiary/aromatic N) is 2. The molecule has 4 atom stereocenters. The van der Waals surface area contributed by atoms with E-state index in [2.05, 4.69) is 15.6 Å². The number of carboxylic acids is 1. The highest BCUT2D eigenvalue weighted by atomic mass is 16.4. The predicted molar refractivity (Wildman–Crippen MR) is 121 cm³/mol. The van der Waals surface area contributed by atoms with Crippen LogP contribution in [-0.4, -0.2) is 88.6 Å². The molecule has 188 valence electrons. The molecule has 0 saturated carbocycles. The van der Waals surface area contributed by atoms with E-state index in [4.69, 9.17) is 22.3 Å². The van der Waals surface area contributed by atoms with E-state index in [-0.39, 0.29) is 37.8 Å². The number of hydrogen-bond acceptors (Lipinski definition) is 7. The summed E-state index contributed by atoms with van der Waals surface area (Å²) in [6.45, 7) is 3.63. The SMILES string of the molecule is CC(C)CC(NC(=O)C(N)CO)C(=O)NC(CCCN=C(N)N)C(=O)N1CCCC1C(=O)O. The Morgan fingerprint density at radius 3 is 2.30 bits per heavy atom. The van der Waals surface area contributed by atoms with Crippen LogP contribution in [0.2, 0.25) is 0 Å². The first-order valence-corrected chi connectivity index (χ1v) is 11.0. The molecule has 10 N–H and O–H groups in total. The number of carbonyl (C=O) groups is 4. The normalized spacial score (nSPS) is 18.3. The molecule has 1 heterocycles. The van der Waals surface area contributed by atoms with Crippen molar-refractivity contribution in [2.24, 2.45) is 28.1 Å². The molecule has 13 nitrogen and oxygen atoms in total. The Hall–Kier alpha value is -2.93. The summed E-state index contributed by atoms with van der Waals surface area (Å²) in [5.41, 5.74) is 16.2. The van der Waals surface area contributed by atoms with Gasteiger partial charge in [-0.2, -0.15) is 0 Å². The molecule has 0 aliphatic carbocycles. The highest BCUT2D eigenvalue weighted by molar-refractivity contribution is 5.94. The van der Waals surface area contributed by atoms with Crippen LogP contribution in [0.4, 0.5) is 0 Å². The Labute approximate surface area is 193 Å². The lowest BCUT2D eigenvalue weighted by molar-refractivity contribution is -0.149. The van der Waals surface area contributed by atoms with Crippen molar-refractivity contribution in [3.63, 3.8) is 0 Å². The van der Waals surface area contributed by atoms with Gasteiger partial charge in [0.1, 0.15) is 24.2 Å². The Bertz CT molecular complexity index is 726. The standard InChI is InChI=1S/C20H37N7O6/c1-11(2)9-14(26-16(29)12(21)10-28)17(30)25-13(5-3-7-24-20(22)23)18(31)27-8-4-6-15(27)19(32)33/h11-15,28H,3-10,21H2,1-2H3,(H,25,30)(H,26,29)(H,32,33)(H4,22,23,24). The van der Waals surface area contributed by atoms with E-state index in [0.717, 1.165) is 0 Å². The summed E-state index contributed by atoms with van der Waals surface area (Å²) >= 11 is 0. The summed E-state index contributed by atoms with van der Waals surface area (Å²) in [5.74, 6) is -2.99. The molecule has 1 saturated heterocycles. The second-order valence-electron chi connectivity index (χ2n) is 8.52. The second kappa shape index (κ2) is 13.6. The molecule has 1 rings (SSSR count). The van der Waals surface area contributed by atoms with Crippen LogP contribution >= 0.6 is 0 Å². The quantitative estimate of drug-likeness (QED) is 0.0850. The number of guanidine groups is 1. The zero-order valence-electron chi connectivity index (χ0n) is 19.2. The summed E-state index contributed by atoms with van der Waals surface area (Å²) in [6, 6.07) is -4.16. The van der Waals surface area contributed by atoms with Gasteiger partial charge in [-0.15, -0.1) is 0 Å². The van der Waals surface area contributed by atoms with Gasteiger partial charge in [-0.25, -0.2) is 4.79 Å². The van der Waals surface area contributed by atoms with E-state index >= 15 is 0 Å². The number of aliphatic hydroxyl groups is 1. The first kappa shape index (κ1) is 28.1. The summed E-state index contributed by atoms with van der Waals surface area (Å²) in [6.07, 6.45) is 1.68. The van der Waals surface area contributed by atoms with Crippen molar-refractivity contribution in [3.05, 3.63) is 0 Å². The van der Waals surface area contributed by atoms with E-state index in [1.165, 1.54) is 4.90 Å². The van der Waals surface area contributed by atoms with Crippen molar-refractivity contribution in [2.75, 3.05) is 19.7 Å². The zero-order chi connectivity index (χ0) is 25.1. The van der Waals surface area contributed by atoms with Crippen molar-refractivity contribution in [1.29, 1.82) is 0 Å². The Morgan fingerprint density at radius 2 is 1.76 bits per heavy atom. The highest BCUT2D eigenvalue weighted by Crippen LogP contribution is 2.20.